The zero-order chi connectivity index (χ0) is 19.2. The maximum atomic E-state index is 12.5. The van der Waals surface area contributed by atoms with Crippen molar-refractivity contribution < 1.29 is 23.9 Å². The Kier molecular flexibility index (Phi) is 6.19. The van der Waals surface area contributed by atoms with Gasteiger partial charge in [0, 0.05) is 24.6 Å². The lowest BCUT2D eigenvalue weighted by molar-refractivity contribution is -0.910. The average molecular weight is 371 g/mol. The third-order valence-electron chi connectivity index (χ3n) is 5.06. The molecular formula is C21H27N2O4+. The Hall–Kier alpha value is -2.73. The number of nitrogens with one attached hydrogen (secondary N) is 2. The van der Waals surface area contributed by atoms with E-state index in [4.69, 9.17) is 14.2 Å². The van der Waals surface area contributed by atoms with E-state index in [1.54, 1.807) is 21.3 Å². The normalized spacial score (nSPS) is 18.8. The number of rotatable bonds is 7. The Bertz CT molecular complexity index is 776. The second-order valence-corrected chi connectivity index (χ2v) is 6.66. The maximum Gasteiger partial charge on any atom is 0.279 e. The standard InChI is InChI=1S/C21H26N2O4/c1-25-16-8-6-15(7-9-16)22-21(24)14-23-12-4-5-19(23)18-11-10-17(26-2)13-20(18)27-3/h6-11,13,19H,4-5,12,14H2,1-3H3,(H,22,24)/p+1/t19-/m0/s1. The molecule has 27 heavy (non-hydrogen) atoms. The number of carbonyl (C=O) groups excluding carboxylic acids is 1. The molecule has 0 radical (unpaired) electrons. The Morgan fingerprint density at radius 2 is 1.74 bits per heavy atom. The summed E-state index contributed by atoms with van der Waals surface area (Å²) in [5.41, 5.74) is 1.90. The van der Waals surface area contributed by atoms with E-state index in [0.29, 0.717) is 6.54 Å². The summed E-state index contributed by atoms with van der Waals surface area (Å²) in [7, 11) is 4.94. The summed E-state index contributed by atoms with van der Waals surface area (Å²) < 4.78 is 16.0. The minimum atomic E-state index is 0.00884. The molecule has 1 fully saturated rings. The van der Waals surface area contributed by atoms with Crippen LogP contribution < -0.4 is 24.4 Å². The number of quaternary nitrogens is 1. The van der Waals surface area contributed by atoms with Crippen molar-refractivity contribution in [2.45, 2.75) is 18.9 Å². The first-order valence-electron chi connectivity index (χ1n) is 9.15. The minimum Gasteiger partial charge on any atom is -0.497 e. The van der Waals surface area contributed by atoms with Gasteiger partial charge >= 0.3 is 0 Å². The van der Waals surface area contributed by atoms with Crippen LogP contribution >= 0.6 is 0 Å². The van der Waals surface area contributed by atoms with E-state index in [9.17, 15) is 4.79 Å². The van der Waals surface area contributed by atoms with Crippen LogP contribution in [0.3, 0.4) is 0 Å². The summed E-state index contributed by atoms with van der Waals surface area (Å²) in [6.45, 7) is 1.39. The number of hydrogen-bond acceptors (Lipinski definition) is 4. The van der Waals surface area contributed by atoms with E-state index < -0.39 is 0 Å². The second-order valence-electron chi connectivity index (χ2n) is 6.66. The molecule has 0 saturated carbocycles. The quantitative estimate of drug-likeness (QED) is 0.782. The molecule has 6 heteroatoms. The molecule has 0 aromatic heterocycles. The molecule has 0 spiro atoms. The second kappa shape index (κ2) is 8.77. The third kappa shape index (κ3) is 4.52. The number of amides is 1. The van der Waals surface area contributed by atoms with Gasteiger partial charge in [-0.15, -0.1) is 0 Å². The van der Waals surface area contributed by atoms with Gasteiger partial charge in [0.05, 0.1) is 33.4 Å². The lowest BCUT2D eigenvalue weighted by Crippen LogP contribution is -3.11. The molecule has 6 nitrogen and oxygen atoms in total. The van der Waals surface area contributed by atoms with Gasteiger partial charge in [-0.1, -0.05) is 0 Å². The minimum absolute atomic E-state index is 0.00884. The van der Waals surface area contributed by atoms with Crippen molar-refractivity contribution in [1.82, 2.24) is 0 Å². The van der Waals surface area contributed by atoms with Crippen molar-refractivity contribution in [2.75, 3.05) is 39.7 Å². The van der Waals surface area contributed by atoms with Gasteiger partial charge in [-0.05, 0) is 36.4 Å². The van der Waals surface area contributed by atoms with Crippen molar-refractivity contribution in [3.63, 3.8) is 0 Å². The first-order chi connectivity index (χ1) is 13.1. The summed E-state index contributed by atoms with van der Waals surface area (Å²) in [5, 5.41) is 2.97. The molecule has 0 bridgehead atoms. The average Bonchev–Trinajstić information content (AvgIpc) is 3.15. The predicted molar refractivity (Wildman–Crippen MR) is 104 cm³/mol. The van der Waals surface area contributed by atoms with Gasteiger partial charge < -0.3 is 24.4 Å². The monoisotopic (exact) mass is 371 g/mol. The van der Waals surface area contributed by atoms with Gasteiger partial charge in [-0.25, -0.2) is 0 Å². The van der Waals surface area contributed by atoms with Crippen LogP contribution in [0.25, 0.3) is 0 Å². The van der Waals surface area contributed by atoms with Gasteiger partial charge in [0.1, 0.15) is 23.3 Å². The zero-order valence-electron chi connectivity index (χ0n) is 16.1. The van der Waals surface area contributed by atoms with Crippen LogP contribution in [0, 0.1) is 0 Å². The lowest BCUT2D eigenvalue weighted by atomic mass is 10.0. The molecule has 0 aliphatic carbocycles. The number of methoxy groups -OCH3 is 3. The fourth-order valence-corrected chi connectivity index (χ4v) is 3.69. The van der Waals surface area contributed by atoms with Crippen LogP contribution in [0.15, 0.2) is 42.5 Å². The van der Waals surface area contributed by atoms with E-state index >= 15 is 0 Å². The largest absolute Gasteiger partial charge is 0.497 e. The van der Waals surface area contributed by atoms with Gasteiger partial charge in [0.15, 0.2) is 6.54 Å². The number of benzene rings is 2. The summed E-state index contributed by atoms with van der Waals surface area (Å²) in [6, 6.07) is 13.5. The zero-order valence-corrected chi connectivity index (χ0v) is 16.1. The van der Waals surface area contributed by atoms with E-state index in [-0.39, 0.29) is 11.9 Å². The highest BCUT2D eigenvalue weighted by molar-refractivity contribution is 5.91. The van der Waals surface area contributed by atoms with Gasteiger partial charge in [0.25, 0.3) is 5.91 Å². The lowest BCUT2D eigenvalue weighted by Gasteiger charge is -2.23. The van der Waals surface area contributed by atoms with Crippen LogP contribution in [-0.4, -0.2) is 40.3 Å². The number of hydrogen-bond donors (Lipinski definition) is 2. The fraction of sp³-hybridized carbons (Fsp3) is 0.381. The molecule has 1 unspecified atom stereocenters. The third-order valence-corrected chi connectivity index (χ3v) is 5.06. The maximum absolute atomic E-state index is 12.5. The summed E-state index contributed by atoms with van der Waals surface area (Å²) in [4.78, 5) is 13.8. The van der Waals surface area contributed by atoms with Crippen LogP contribution in [0.4, 0.5) is 5.69 Å². The molecule has 1 aliphatic heterocycles. The van der Waals surface area contributed by atoms with Crippen LogP contribution in [-0.2, 0) is 4.79 Å². The fourth-order valence-electron chi connectivity index (χ4n) is 3.69. The van der Waals surface area contributed by atoms with Crippen LogP contribution in [0.1, 0.15) is 24.4 Å². The molecule has 3 rings (SSSR count). The Morgan fingerprint density at radius 1 is 1.04 bits per heavy atom. The topological polar surface area (TPSA) is 61.2 Å². The van der Waals surface area contributed by atoms with Crippen molar-refractivity contribution >= 4 is 11.6 Å². The molecule has 2 aromatic rings. The van der Waals surface area contributed by atoms with E-state index in [1.807, 2.05) is 36.4 Å². The highest BCUT2D eigenvalue weighted by atomic mass is 16.5. The van der Waals surface area contributed by atoms with E-state index in [1.165, 1.54) is 4.90 Å². The summed E-state index contributed by atoms with van der Waals surface area (Å²) >= 11 is 0. The molecule has 2 aromatic carbocycles. The number of likely N-dealkylation sites (tertiary alicyclic amines) is 1. The Balaban J connectivity index is 1.68. The first kappa shape index (κ1) is 19.0. The van der Waals surface area contributed by atoms with E-state index in [2.05, 4.69) is 11.4 Å². The number of ether oxygens (including phenoxy) is 3. The molecule has 1 saturated heterocycles. The first-order valence-corrected chi connectivity index (χ1v) is 9.15. The summed E-state index contributed by atoms with van der Waals surface area (Å²) in [6.07, 6.45) is 2.12. The number of anilines is 1. The van der Waals surface area contributed by atoms with Crippen molar-refractivity contribution in [2.24, 2.45) is 0 Å². The van der Waals surface area contributed by atoms with Gasteiger partial charge in [0.2, 0.25) is 0 Å². The van der Waals surface area contributed by atoms with Crippen molar-refractivity contribution in [1.29, 1.82) is 0 Å². The van der Waals surface area contributed by atoms with Crippen molar-refractivity contribution in [3.05, 3.63) is 48.0 Å². The number of carbonyl (C=O) groups is 1. The van der Waals surface area contributed by atoms with Gasteiger partial charge in [-0.2, -0.15) is 0 Å². The molecule has 1 heterocycles. The predicted octanol–water partition coefficient (Wildman–Crippen LogP) is 2.07. The summed E-state index contributed by atoms with van der Waals surface area (Å²) in [5.74, 6) is 2.36. The van der Waals surface area contributed by atoms with Crippen LogP contribution in [0.5, 0.6) is 17.2 Å². The molecule has 144 valence electrons. The van der Waals surface area contributed by atoms with Gasteiger partial charge in [-0.3, -0.25) is 4.79 Å². The highest BCUT2D eigenvalue weighted by Crippen LogP contribution is 2.31. The van der Waals surface area contributed by atoms with Crippen LogP contribution in [0.2, 0.25) is 0 Å². The molecule has 2 atom stereocenters. The Labute approximate surface area is 160 Å². The van der Waals surface area contributed by atoms with E-state index in [0.717, 1.165) is 47.9 Å². The smallest absolute Gasteiger partial charge is 0.279 e. The SMILES string of the molecule is COc1ccc(NC(=O)C[NH+]2CCC[C@H]2c2ccc(OC)cc2OC)cc1. The molecule has 2 N–H and O–H groups in total. The molecular weight excluding hydrogens is 344 g/mol. The molecule has 1 amide bonds. The highest BCUT2D eigenvalue weighted by Gasteiger charge is 2.33. The Morgan fingerprint density at radius 3 is 2.41 bits per heavy atom. The molecule has 1 aliphatic rings. The van der Waals surface area contributed by atoms with Crippen molar-refractivity contribution in [3.8, 4) is 17.2 Å².